The SMILES string of the molecule is CNC(C)c1c(C2CC2)c2ccccc2n1C. The van der Waals surface area contributed by atoms with Gasteiger partial charge in [0.25, 0.3) is 0 Å². The molecule has 1 aliphatic carbocycles. The Morgan fingerprint density at radius 3 is 2.65 bits per heavy atom. The molecular formula is C15H20N2. The molecule has 1 unspecified atom stereocenters. The Hall–Kier alpha value is -1.28. The van der Waals surface area contributed by atoms with Crippen LogP contribution < -0.4 is 5.32 Å². The van der Waals surface area contributed by atoms with Crippen molar-refractivity contribution in [1.82, 2.24) is 9.88 Å². The van der Waals surface area contributed by atoms with Crippen molar-refractivity contribution in [3.63, 3.8) is 0 Å². The van der Waals surface area contributed by atoms with E-state index in [4.69, 9.17) is 0 Å². The zero-order valence-electron chi connectivity index (χ0n) is 10.8. The molecule has 1 N–H and O–H groups in total. The second kappa shape index (κ2) is 3.88. The number of aryl methyl sites for hydroxylation is 1. The molecule has 1 fully saturated rings. The van der Waals surface area contributed by atoms with Gasteiger partial charge in [-0.2, -0.15) is 0 Å². The van der Waals surface area contributed by atoms with Crippen LogP contribution in [-0.4, -0.2) is 11.6 Å². The number of benzene rings is 1. The minimum absolute atomic E-state index is 0.419. The Bertz CT molecular complexity index is 549. The van der Waals surface area contributed by atoms with Crippen molar-refractivity contribution in [1.29, 1.82) is 0 Å². The molecule has 2 aromatic rings. The highest BCUT2D eigenvalue weighted by Crippen LogP contribution is 2.47. The van der Waals surface area contributed by atoms with Crippen LogP contribution in [0.3, 0.4) is 0 Å². The summed E-state index contributed by atoms with van der Waals surface area (Å²) in [4.78, 5) is 0. The van der Waals surface area contributed by atoms with Crippen LogP contribution in [0.1, 0.15) is 43.0 Å². The highest BCUT2D eigenvalue weighted by atomic mass is 15.0. The van der Waals surface area contributed by atoms with Gasteiger partial charge in [-0.25, -0.2) is 0 Å². The molecule has 2 nitrogen and oxygen atoms in total. The fraction of sp³-hybridized carbons (Fsp3) is 0.467. The van der Waals surface area contributed by atoms with Crippen LogP contribution in [0.4, 0.5) is 0 Å². The lowest BCUT2D eigenvalue weighted by Crippen LogP contribution is -2.17. The molecule has 0 radical (unpaired) electrons. The molecule has 1 saturated carbocycles. The minimum Gasteiger partial charge on any atom is -0.346 e. The summed E-state index contributed by atoms with van der Waals surface area (Å²) in [5.41, 5.74) is 4.42. The number of hydrogen-bond acceptors (Lipinski definition) is 1. The molecule has 3 rings (SSSR count). The van der Waals surface area contributed by atoms with Crippen molar-refractivity contribution >= 4 is 10.9 Å². The third-order valence-corrected chi connectivity index (χ3v) is 4.02. The predicted molar refractivity (Wildman–Crippen MR) is 72.4 cm³/mol. The van der Waals surface area contributed by atoms with Crippen LogP contribution in [0.15, 0.2) is 24.3 Å². The van der Waals surface area contributed by atoms with E-state index < -0.39 is 0 Å². The zero-order valence-corrected chi connectivity index (χ0v) is 10.8. The second-order valence-electron chi connectivity index (χ2n) is 5.16. The van der Waals surface area contributed by atoms with E-state index in [0.29, 0.717) is 6.04 Å². The summed E-state index contributed by atoms with van der Waals surface area (Å²) < 4.78 is 2.37. The molecule has 1 atom stereocenters. The molecule has 2 heteroatoms. The van der Waals surface area contributed by atoms with Gasteiger partial charge in [-0.3, -0.25) is 0 Å². The third-order valence-electron chi connectivity index (χ3n) is 4.02. The van der Waals surface area contributed by atoms with E-state index in [1.54, 1.807) is 5.56 Å². The Kier molecular flexibility index (Phi) is 2.48. The molecule has 90 valence electrons. The summed E-state index contributed by atoms with van der Waals surface area (Å²) in [5, 5.41) is 4.84. The third kappa shape index (κ3) is 1.59. The first-order chi connectivity index (χ1) is 8.24. The van der Waals surface area contributed by atoms with Crippen LogP contribution in [0.2, 0.25) is 0 Å². The standard InChI is InChI=1S/C15H20N2/c1-10(16-2)15-14(11-8-9-11)12-6-4-5-7-13(12)17(15)3/h4-7,10-11,16H,8-9H2,1-3H3. The van der Waals surface area contributed by atoms with Crippen LogP contribution >= 0.6 is 0 Å². The lowest BCUT2D eigenvalue weighted by Gasteiger charge is -2.15. The fourth-order valence-corrected chi connectivity index (χ4v) is 2.90. The van der Waals surface area contributed by atoms with Gasteiger partial charge >= 0.3 is 0 Å². The lowest BCUT2D eigenvalue weighted by molar-refractivity contribution is 0.602. The summed E-state index contributed by atoms with van der Waals surface area (Å²) in [6.07, 6.45) is 2.72. The van der Waals surface area contributed by atoms with Gasteiger partial charge in [0.1, 0.15) is 0 Å². The first-order valence-electron chi connectivity index (χ1n) is 6.48. The second-order valence-corrected chi connectivity index (χ2v) is 5.16. The van der Waals surface area contributed by atoms with E-state index in [1.807, 2.05) is 7.05 Å². The first kappa shape index (κ1) is 10.8. The van der Waals surface area contributed by atoms with Gasteiger partial charge in [0.05, 0.1) is 0 Å². The van der Waals surface area contributed by atoms with E-state index in [-0.39, 0.29) is 0 Å². The highest BCUT2D eigenvalue weighted by Gasteiger charge is 2.31. The Balaban J connectivity index is 2.30. The predicted octanol–water partition coefficient (Wildman–Crippen LogP) is 3.34. The largest absolute Gasteiger partial charge is 0.346 e. The molecule has 0 spiro atoms. The number of fused-ring (bicyclic) bond motifs is 1. The maximum Gasteiger partial charge on any atom is 0.0483 e. The molecule has 17 heavy (non-hydrogen) atoms. The highest BCUT2D eigenvalue weighted by molar-refractivity contribution is 5.86. The monoisotopic (exact) mass is 228 g/mol. The molecule has 0 bridgehead atoms. The van der Waals surface area contributed by atoms with Crippen molar-refractivity contribution in [3.05, 3.63) is 35.5 Å². The normalized spacial score (nSPS) is 17.6. The number of nitrogens with one attached hydrogen (secondary N) is 1. The molecule has 1 heterocycles. The van der Waals surface area contributed by atoms with Gasteiger partial charge in [0.2, 0.25) is 0 Å². The number of hydrogen-bond donors (Lipinski definition) is 1. The van der Waals surface area contributed by atoms with E-state index in [9.17, 15) is 0 Å². The van der Waals surface area contributed by atoms with E-state index in [1.165, 1.54) is 29.4 Å². The molecule has 1 aromatic heterocycles. The van der Waals surface area contributed by atoms with Gasteiger partial charge in [-0.05, 0) is 44.4 Å². The van der Waals surface area contributed by atoms with Crippen LogP contribution in [0, 0.1) is 0 Å². The van der Waals surface area contributed by atoms with Crippen molar-refractivity contribution < 1.29 is 0 Å². The van der Waals surface area contributed by atoms with Crippen molar-refractivity contribution in [2.24, 2.45) is 7.05 Å². The molecule has 0 aliphatic heterocycles. The Morgan fingerprint density at radius 2 is 2.00 bits per heavy atom. The van der Waals surface area contributed by atoms with Crippen LogP contribution in [-0.2, 0) is 7.05 Å². The van der Waals surface area contributed by atoms with Gasteiger partial charge in [-0.15, -0.1) is 0 Å². The van der Waals surface area contributed by atoms with Gasteiger partial charge in [-0.1, -0.05) is 18.2 Å². The average molecular weight is 228 g/mol. The average Bonchev–Trinajstić information content (AvgIpc) is 3.15. The van der Waals surface area contributed by atoms with Crippen molar-refractivity contribution in [2.75, 3.05) is 7.05 Å². The van der Waals surface area contributed by atoms with Crippen LogP contribution in [0.25, 0.3) is 10.9 Å². The molecule has 1 aromatic carbocycles. The number of aromatic nitrogens is 1. The summed E-state index contributed by atoms with van der Waals surface area (Å²) in [7, 11) is 4.23. The topological polar surface area (TPSA) is 17.0 Å². The summed E-state index contributed by atoms with van der Waals surface area (Å²) in [6.45, 7) is 2.25. The van der Waals surface area contributed by atoms with Crippen molar-refractivity contribution in [3.8, 4) is 0 Å². The Labute approximate surface area is 103 Å². The van der Waals surface area contributed by atoms with Gasteiger partial charge in [0.15, 0.2) is 0 Å². The minimum atomic E-state index is 0.419. The summed E-state index contributed by atoms with van der Waals surface area (Å²) in [5.74, 6) is 0.798. The maximum atomic E-state index is 3.39. The first-order valence-corrected chi connectivity index (χ1v) is 6.48. The van der Waals surface area contributed by atoms with Gasteiger partial charge < -0.3 is 9.88 Å². The fourth-order valence-electron chi connectivity index (χ4n) is 2.90. The van der Waals surface area contributed by atoms with Crippen molar-refractivity contribution in [2.45, 2.75) is 31.7 Å². The van der Waals surface area contributed by atoms with E-state index >= 15 is 0 Å². The maximum absolute atomic E-state index is 3.39. The molecule has 1 aliphatic rings. The summed E-state index contributed by atoms with van der Waals surface area (Å²) in [6, 6.07) is 9.21. The molecule has 0 amide bonds. The van der Waals surface area contributed by atoms with E-state index in [2.05, 4.69) is 48.1 Å². The van der Waals surface area contributed by atoms with Gasteiger partial charge in [0, 0.05) is 29.7 Å². The lowest BCUT2D eigenvalue weighted by atomic mass is 10.0. The number of rotatable bonds is 3. The molecule has 0 saturated heterocycles. The molecular weight excluding hydrogens is 208 g/mol. The number of para-hydroxylation sites is 1. The van der Waals surface area contributed by atoms with Crippen LogP contribution in [0.5, 0.6) is 0 Å². The Morgan fingerprint density at radius 1 is 1.29 bits per heavy atom. The summed E-state index contributed by atoms with van der Waals surface area (Å²) >= 11 is 0. The number of nitrogens with zero attached hydrogens (tertiary/aromatic N) is 1. The van der Waals surface area contributed by atoms with E-state index in [0.717, 1.165) is 5.92 Å². The smallest absolute Gasteiger partial charge is 0.0483 e. The quantitative estimate of drug-likeness (QED) is 0.852. The zero-order chi connectivity index (χ0) is 12.0.